The number of carbonyl (C=O) groups is 1. The number of amides is 2. The molecule has 0 radical (unpaired) electrons. The lowest BCUT2D eigenvalue weighted by atomic mass is 10.3. The molecule has 5 heteroatoms. The average Bonchev–Trinajstić information content (AvgIpc) is 2.22. The Balaban J connectivity index is 2.74. The molecule has 1 rings (SSSR count). The molecule has 0 aliphatic rings. The van der Waals surface area contributed by atoms with Gasteiger partial charge in [0, 0.05) is 12.1 Å². The minimum Gasteiger partial charge on any atom is -0.316 e. The van der Waals surface area contributed by atoms with Gasteiger partial charge in [0.05, 0.1) is 12.2 Å². The van der Waals surface area contributed by atoms with Crippen LogP contribution in [0.25, 0.3) is 0 Å². The number of rotatable bonds is 2. The molecule has 1 aromatic rings. The first-order valence-electron chi connectivity index (χ1n) is 4.45. The van der Waals surface area contributed by atoms with E-state index < -0.39 is 11.8 Å². The molecule has 0 bridgehead atoms. The van der Waals surface area contributed by atoms with Gasteiger partial charge >= 0.3 is 6.03 Å². The maximum absolute atomic E-state index is 13.3. The fraction of sp³-hybridized carbons (Fsp3) is 0.182. The van der Waals surface area contributed by atoms with Gasteiger partial charge in [-0.15, -0.1) is 6.42 Å². The molecule has 1 N–H and O–H groups in total. The lowest BCUT2D eigenvalue weighted by molar-refractivity contribution is 0.227. The van der Waals surface area contributed by atoms with Crippen molar-refractivity contribution >= 4 is 23.3 Å². The summed E-state index contributed by atoms with van der Waals surface area (Å²) in [6.07, 6.45) is 5.05. The number of terminal acetylenes is 1. The first kappa shape index (κ1) is 12.3. The van der Waals surface area contributed by atoms with E-state index in [1.807, 2.05) is 0 Å². The standard InChI is InChI=1S/C11H10ClFN2O/c1-3-6-15(2)11(16)14-10-5-4-8(12)7-9(10)13/h1,4-5,7H,6H2,2H3,(H,14,16). The zero-order valence-electron chi connectivity index (χ0n) is 8.63. The lowest BCUT2D eigenvalue weighted by Gasteiger charge is -2.15. The number of anilines is 1. The van der Waals surface area contributed by atoms with E-state index in [0.717, 1.165) is 6.07 Å². The number of nitrogens with zero attached hydrogens (tertiary/aromatic N) is 1. The molecule has 3 nitrogen and oxygen atoms in total. The summed E-state index contributed by atoms with van der Waals surface area (Å²) in [4.78, 5) is 12.7. The van der Waals surface area contributed by atoms with Gasteiger partial charge in [-0.2, -0.15) is 0 Å². The van der Waals surface area contributed by atoms with Gasteiger partial charge < -0.3 is 10.2 Å². The van der Waals surface area contributed by atoms with Crippen LogP contribution in [0.15, 0.2) is 18.2 Å². The second kappa shape index (κ2) is 5.38. The Kier molecular flexibility index (Phi) is 4.15. The Morgan fingerprint density at radius 2 is 2.38 bits per heavy atom. The van der Waals surface area contributed by atoms with Crippen LogP contribution in [-0.4, -0.2) is 24.5 Å². The molecule has 0 spiro atoms. The highest BCUT2D eigenvalue weighted by Crippen LogP contribution is 2.18. The smallest absolute Gasteiger partial charge is 0.316 e. The van der Waals surface area contributed by atoms with Gasteiger partial charge in [0.1, 0.15) is 5.82 Å². The predicted molar refractivity (Wildman–Crippen MR) is 61.9 cm³/mol. The molecular weight excluding hydrogens is 231 g/mol. The second-order valence-electron chi connectivity index (χ2n) is 3.11. The lowest BCUT2D eigenvalue weighted by Crippen LogP contribution is -2.31. The van der Waals surface area contributed by atoms with E-state index in [1.165, 1.54) is 24.1 Å². The number of carbonyl (C=O) groups excluding carboxylic acids is 1. The molecule has 16 heavy (non-hydrogen) atoms. The number of nitrogens with one attached hydrogen (secondary N) is 1. The first-order chi connectivity index (χ1) is 7.54. The van der Waals surface area contributed by atoms with E-state index in [9.17, 15) is 9.18 Å². The monoisotopic (exact) mass is 240 g/mol. The van der Waals surface area contributed by atoms with Gasteiger partial charge in [0.2, 0.25) is 0 Å². The summed E-state index contributed by atoms with van der Waals surface area (Å²) in [6.45, 7) is 0.154. The highest BCUT2D eigenvalue weighted by Gasteiger charge is 2.10. The Morgan fingerprint density at radius 1 is 1.69 bits per heavy atom. The summed E-state index contributed by atoms with van der Waals surface area (Å²) < 4.78 is 13.3. The maximum Gasteiger partial charge on any atom is 0.322 e. The predicted octanol–water partition coefficient (Wildman–Crippen LogP) is 2.58. The fourth-order valence-electron chi connectivity index (χ4n) is 1.01. The zero-order chi connectivity index (χ0) is 12.1. The van der Waals surface area contributed by atoms with Crippen molar-refractivity contribution in [2.24, 2.45) is 0 Å². The van der Waals surface area contributed by atoms with Crippen LogP contribution >= 0.6 is 11.6 Å². The summed E-state index contributed by atoms with van der Waals surface area (Å²) in [7, 11) is 1.52. The molecule has 0 saturated heterocycles. The number of hydrogen-bond acceptors (Lipinski definition) is 1. The van der Waals surface area contributed by atoms with E-state index >= 15 is 0 Å². The summed E-state index contributed by atoms with van der Waals surface area (Å²) in [5.74, 6) is 1.72. The average molecular weight is 241 g/mol. The van der Waals surface area contributed by atoms with E-state index in [4.69, 9.17) is 18.0 Å². The second-order valence-corrected chi connectivity index (χ2v) is 3.55. The van der Waals surface area contributed by atoms with Crippen LogP contribution < -0.4 is 5.32 Å². The van der Waals surface area contributed by atoms with Crippen LogP contribution in [0.3, 0.4) is 0 Å². The normalized spacial score (nSPS) is 9.38. The summed E-state index contributed by atoms with van der Waals surface area (Å²) in [6, 6.07) is 3.53. The molecule has 0 saturated carbocycles. The van der Waals surface area contributed by atoms with Gasteiger partial charge in [0.15, 0.2) is 0 Å². The van der Waals surface area contributed by atoms with Gasteiger partial charge in [-0.05, 0) is 18.2 Å². The number of hydrogen-bond donors (Lipinski definition) is 1. The van der Waals surface area contributed by atoms with Gasteiger partial charge in [-0.1, -0.05) is 17.5 Å². The van der Waals surface area contributed by atoms with Crippen LogP contribution in [0.5, 0.6) is 0 Å². The summed E-state index contributed by atoms with van der Waals surface area (Å²) >= 11 is 5.58. The third-order valence-electron chi connectivity index (χ3n) is 1.85. The summed E-state index contributed by atoms with van der Waals surface area (Å²) in [5, 5.41) is 2.65. The Bertz CT molecular complexity index is 442. The van der Waals surface area contributed by atoms with Gasteiger partial charge in [0.25, 0.3) is 0 Å². The third kappa shape index (κ3) is 3.14. The Hall–Kier alpha value is -1.73. The molecule has 0 aliphatic carbocycles. The molecule has 0 aliphatic heterocycles. The van der Waals surface area contributed by atoms with Crippen molar-refractivity contribution in [3.05, 3.63) is 29.0 Å². The first-order valence-corrected chi connectivity index (χ1v) is 4.83. The highest BCUT2D eigenvalue weighted by molar-refractivity contribution is 6.30. The molecule has 0 atom stereocenters. The Labute approximate surface area is 98.2 Å². The van der Waals surface area contributed by atoms with E-state index in [2.05, 4.69) is 11.2 Å². The minimum absolute atomic E-state index is 0.0678. The zero-order valence-corrected chi connectivity index (χ0v) is 9.38. The van der Waals surface area contributed by atoms with Crippen molar-refractivity contribution in [1.29, 1.82) is 0 Å². The molecule has 0 heterocycles. The molecular formula is C11H10ClFN2O. The van der Waals surface area contributed by atoms with Gasteiger partial charge in [-0.3, -0.25) is 0 Å². The van der Waals surface area contributed by atoms with Crippen molar-refractivity contribution in [2.75, 3.05) is 18.9 Å². The molecule has 1 aromatic carbocycles. The molecule has 0 aromatic heterocycles. The topological polar surface area (TPSA) is 32.3 Å². The van der Waals surface area contributed by atoms with E-state index in [0.29, 0.717) is 0 Å². The van der Waals surface area contributed by atoms with Crippen molar-refractivity contribution in [2.45, 2.75) is 0 Å². The number of benzene rings is 1. The summed E-state index contributed by atoms with van der Waals surface area (Å²) in [5.41, 5.74) is 0.0678. The fourth-order valence-corrected chi connectivity index (χ4v) is 1.17. The molecule has 0 unspecified atom stereocenters. The maximum atomic E-state index is 13.3. The van der Waals surface area contributed by atoms with Gasteiger partial charge in [-0.25, -0.2) is 9.18 Å². The van der Waals surface area contributed by atoms with Crippen LogP contribution in [0, 0.1) is 18.2 Å². The molecule has 0 fully saturated rings. The van der Waals surface area contributed by atoms with Crippen LogP contribution in [0.4, 0.5) is 14.9 Å². The van der Waals surface area contributed by atoms with E-state index in [1.54, 1.807) is 0 Å². The molecule has 84 valence electrons. The highest BCUT2D eigenvalue weighted by atomic mass is 35.5. The van der Waals surface area contributed by atoms with Crippen molar-refractivity contribution in [1.82, 2.24) is 4.90 Å². The molecule has 2 amide bonds. The van der Waals surface area contributed by atoms with Crippen LogP contribution in [0.1, 0.15) is 0 Å². The van der Waals surface area contributed by atoms with Crippen LogP contribution in [0.2, 0.25) is 5.02 Å². The van der Waals surface area contributed by atoms with Crippen molar-refractivity contribution in [3.63, 3.8) is 0 Å². The number of halogens is 2. The largest absolute Gasteiger partial charge is 0.322 e. The third-order valence-corrected chi connectivity index (χ3v) is 2.08. The number of urea groups is 1. The van der Waals surface area contributed by atoms with Crippen molar-refractivity contribution < 1.29 is 9.18 Å². The van der Waals surface area contributed by atoms with Crippen molar-refractivity contribution in [3.8, 4) is 12.3 Å². The Morgan fingerprint density at radius 3 is 2.94 bits per heavy atom. The van der Waals surface area contributed by atoms with Crippen LogP contribution in [-0.2, 0) is 0 Å². The van der Waals surface area contributed by atoms with E-state index in [-0.39, 0.29) is 17.3 Å². The minimum atomic E-state index is -0.588. The quantitative estimate of drug-likeness (QED) is 0.792. The SMILES string of the molecule is C#CCN(C)C(=O)Nc1ccc(Cl)cc1F.